The van der Waals surface area contributed by atoms with E-state index >= 15 is 0 Å². The number of nitrogens with zero attached hydrogens (tertiary/aromatic N) is 1. The molecule has 1 aromatic carbocycles. The molecule has 0 fully saturated rings. The van der Waals surface area contributed by atoms with Gasteiger partial charge in [-0.05, 0) is 37.6 Å². The first-order valence-electron chi connectivity index (χ1n) is 6.37. The van der Waals surface area contributed by atoms with Crippen LogP contribution in [-0.4, -0.2) is 10.5 Å². The smallest absolute Gasteiger partial charge is 0.268 e. The zero-order chi connectivity index (χ0) is 14.7. The Hall–Kier alpha value is -1.26. The average Bonchev–Trinajstić information content (AvgIpc) is 2.78. The molecule has 0 saturated carbocycles. The van der Waals surface area contributed by atoms with Crippen LogP contribution in [0.25, 0.3) is 0 Å². The molecule has 2 aromatic rings. The summed E-state index contributed by atoms with van der Waals surface area (Å²) in [5.74, 6) is -0.120. The SMILES string of the molecule is CC(C)n1cc(Cl)cc1C(=O)NCc1cccc(Br)c1. The van der Waals surface area contributed by atoms with Gasteiger partial charge in [0.1, 0.15) is 5.69 Å². The third-order valence-electron chi connectivity index (χ3n) is 2.95. The maximum Gasteiger partial charge on any atom is 0.268 e. The standard InChI is InChI=1S/C15H16BrClN2O/c1-10(2)19-9-13(17)7-14(19)15(20)18-8-11-4-3-5-12(16)6-11/h3-7,9-10H,8H2,1-2H3,(H,18,20). The number of carbonyl (C=O) groups is 1. The first-order chi connectivity index (χ1) is 9.47. The molecular weight excluding hydrogens is 340 g/mol. The van der Waals surface area contributed by atoms with Crippen molar-refractivity contribution in [1.29, 1.82) is 0 Å². The van der Waals surface area contributed by atoms with Gasteiger partial charge in [-0.25, -0.2) is 0 Å². The van der Waals surface area contributed by atoms with E-state index in [9.17, 15) is 4.79 Å². The highest BCUT2D eigenvalue weighted by Crippen LogP contribution is 2.19. The van der Waals surface area contributed by atoms with Crippen LogP contribution in [0.15, 0.2) is 41.0 Å². The number of aromatic nitrogens is 1. The van der Waals surface area contributed by atoms with Crippen LogP contribution in [0.3, 0.4) is 0 Å². The Morgan fingerprint density at radius 3 is 2.80 bits per heavy atom. The summed E-state index contributed by atoms with van der Waals surface area (Å²) in [7, 11) is 0. The van der Waals surface area contributed by atoms with Crippen LogP contribution in [0.2, 0.25) is 5.02 Å². The summed E-state index contributed by atoms with van der Waals surface area (Å²) in [5.41, 5.74) is 1.63. The topological polar surface area (TPSA) is 34.0 Å². The van der Waals surface area contributed by atoms with E-state index in [0.29, 0.717) is 17.3 Å². The minimum absolute atomic E-state index is 0.120. The summed E-state index contributed by atoms with van der Waals surface area (Å²) >= 11 is 9.40. The lowest BCUT2D eigenvalue weighted by Crippen LogP contribution is -2.25. The van der Waals surface area contributed by atoms with Crippen molar-refractivity contribution in [2.45, 2.75) is 26.4 Å². The Kier molecular flexibility index (Phi) is 4.89. The third kappa shape index (κ3) is 3.64. The molecule has 0 aliphatic rings. The second kappa shape index (κ2) is 6.46. The Balaban J connectivity index is 2.09. The van der Waals surface area contributed by atoms with E-state index in [0.717, 1.165) is 10.0 Å². The highest BCUT2D eigenvalue weighted by atomic mass is 79.9. The van der Waals surface area contributed by atoms with E-state index in [2.05, 4.69) is 21.2 Å². The Bertz CT molecular complexity index is 622. The van der Waals surface area contributed by atoms with Gasteiger partial charge in [0.2, 0.25) is 0 Å². The van der Waals surface area contributed by atoms with Crippen LogP contribution in [0.4, 0.5) is 0 Å². The maximum absolute atomic E-state index is 12.2. The molecule has 1 N–H and O–H groups in total. The predicted molar refractivity (Wildman–Crippen MR) is 85.1 cm³/mol. The van der Waals surface area contributed by atoms with Gasteiger partial charge in [0, 0.05) is 23.3 Å². The van der Waals surface area contributed by atoms with E-state index in [1.807, 2.05) is 42.7 Å². The van der Waals surface area contributed by atoms with Gasteiger partial charge in [-0.3, -0.25) is 4.79 Å². The first kappa shape index (κ1) is 15.1. The highest BCUT2D eigenvalue weighted by molar-refractivity contribution is 9.10. The zero-order valence-corrected chi connectivity index (χ0v) is 13.7. The third-order valence-corrected chi connectivity index (χ3v) is 3.65. The summed E-state index contributed by atoms with van der Waals surface area (Å²) < 4.78 is 2.87. The van der Waals surface area contributed by atoms with E-state index in [1.165, 1.54) is 0 Å². The van der Waals surface area contributed by atoms with Crippen LogP contribution in [0.5, 0.6) is 0 Å². The monoisotopic (exact) mass is 354 g/mol. The van der Waals surface area contributed by atoms with E-state index in [1.54, 1.807) is 12.3 Å². The van der Waals surface area contributed by atoms with Gasteiger partial charge in [-0.2, -0.15) is 0 Å². The van der Waals surface area contributed by atoms with Crippen LogP contribution < -0.4 is 5.32 Å². The van der Waals surface area contributed by atoms with Crippen LogP contribution in [0, 0.1) is 0 Å². The lowest BCUT2D eigenvalue weighted by atomic mass is 10.2. The van der Waals surface area contributed by atoms with Gasteiger partial charge in [0.25, 0.3) is 5.91 Å². The molecule has 20 heavy (non-hydrogen) atoms. The number of hydrogen-bond acceptors (Lipinski definition) is 1. The Morgan fingerprint density at radius 1 is 1.40 bits per heavy atom. The molecule has 0 aliphatic carbocycles. The molecule has 0 bridgehead atoms. The number of halogens is 2. The van der Waals surface area contributed by atoms with Gasteiger partial charge in [-0.15, -0.1) is 0 Å². The number of carbonyl (C=O) groups excluding carboxylic acids is 1. The summed E-state index contributed by atoms with van der Waals surface area (Å²) in [4.78, 5) is 12.2. The molecule has 5 heteroatoms. The van der Waals surface area contributed by atoms with Crippen LogP contribution in [-0.2, 0) is 6.54 Å². The first-order valence-corrected chi connectivity index (χ1v) is 7.54. The lowest BCUT2D eigenvalue weighted by Gasteiger charge is -2.12. The van der Waals surface area contributed by atoms with Crippen LogP contribution in [0.1, 0.15) is 35.9 Å². The minimum Gasteiger partial charge on any atom is -0.347 e. The van der Waals surface area contributed by atoms with Crippen molar-refractivity contribution in [1.82, 2.24) is 9.88 Å². The Morgan fingerprint density at radius 2 is 2.15 bits per heavy atom. The molecule has 0 saturated heterocycles. The number of benzene rings is 1. The number of nitrogens with one attached hydrogen (secondary N) is 1. The maximum atomic E-state index is 12.2. The molecule has 1 amide bonds. The summed E-state index contributed by atoms with van der Waals surface area (Å²) in [5, 5.41) is 3.49. The van der Waals surface area contributed by atoms with Crippen molar-refractivity contribution >= 4 is 33.4 Å². The molecule has 3 nitrogen and oxygen atoms in total. The fourth-order valence-corrected chi connectivity index (χ4v) is 2.63. The molecule has 0 spiro atoms. The number of hydrogen-bond donors (Lipinski definition) is 1. The van der Waals surface area contributed by atoms with Crippen molar-refractivity contribution in [3.63, 3.8) is 0 Å². The highest BCUT2D eigenvalue weighted by Gasteiger charge is 2.14. The molecule has 1 heterocycles. The second-order valence-corrected chi connectivity index (χ2v) is 6.21. The summed E-state index contributed by atoms with van der Waals surface area (Å²) in [6.45, 7) is 4.52. The predicted octanol–water partition coefficient (Wildman–Crippen LogP) is 4.41. The minimum atomic E-state index is -0.120. The quantitative estimate of drug-likeness (QED) is 0.865. The number of rotatable bonds is 4. The Labute approximate surface area is 132 Å². The van der Waals surface area contributed by atoms with Gasteiger partial charge in [-0.1, -0.05) is 39.7 Å². The molecule has 0 radical (unpaired) electrons. The fourth-order valence-electron chi connectivity index (χ4n) is 1.97. The fraction of sp³-hybridized carbons (Fsp3) is 0.267. The van der Waals surface area contributed by atoms with Gasteiger partial charge >= 0.3 is 0 Å². The van der Waals surface area contributed by atoms with Crippen molar-refractivity contribution < 1.29 is 4.79 Å². The van der Waals surface area contributed by atoms with Crippen molar-refractivity contribution in [2.75, 3.05) is 0 Å². The van der Waals surface area contributed by atoms with E-state index < -0.39 is 0 Å². The summed E-state index contributed by atoms with van der Waals surface area (Å²) in [6.07, 6.45) is 1.78. The average molecular weight is 356 g/mol. The molecule has 2 rings (SSSR count). The molecule has 0 atom stereocenters. The van der Waals surface area contributed by atoms with Gasteiger partial charge in [0.15, 0.2) is 0 Å². The summed E-state index contributed by atoms with van der Waals surface area (Å²) in [6, 6.07) is 9.73. The van der Waals surface area contributed by atoms with E-state index in [4.69, 9.17) is 11.6 Å². The molecule has 1 aromatic heterocycles. The lowest BCUT2D eigenvalue weighted by molar-refractivity contribution is 0.0940. The second-order valence-electron chi connectivity index (χ2n) is 4.86. The molecule has 0 unspecified atom stereocenters. The van der Waals surface area contributed by atoms with E-state index in [-0.39, 0.29) is 11.9 Å². The van der Waals surface area contributed by atoms with Gasteiger partial charge < -0.3 is 9.88 Å². The zero-order valence-electron chi connectivity index (χ0n) is 11.4. The molecule has 0 aliphatic heterocycles. The normalized spacial score (nSPS) is 10.8. The molecule has 106 valence electrons. The van der Waals surface area contributed by atoms with Crippen LogP contribution >= 0.6 is 27.5 Å². The van der Waals surface area contributed by atoms with Gasteiger partial charge in [0.05, 0.1) is 5.02 Å². The molecular formula is C15H16BrClN2O. The van der Waals surface area contributed by atoms with Crippen molar-refractivity contribution in [3.05, 3.63) is 57.3 Å². The van der Waals surface area contributed by atoms with Crippen molar-refractivity contribution in [3.8, 4) is 0 Å². The largest absolute Gasteiger partial charge is 0.347 e. The number of amides is 1. The van der Waals surface area contributed by atoms with Crippen molar-refractivity contribution in [2.24, 2.45) is 0 Å².